The lowest BCUT2D eigenvalue weighted by molar-refractivity contribution is -0.115. The lowest BCUT2D eigenvalue weighted by Gasteiger charge is -2.23. The van der Waals surface area contributed by atoms with Crippen molar-refractivity contribution in [1.82, 2.24) is 9.97 Å². The molecule has 0 radical (unpaired) electrons. The molecule has 0 aliphatic heterocycles. The molecule has 1 saturated carbocycles. The van der Waals surface area contributed by atoms with Crippen LogP contribution >= 0.6 is 0 Å². The molecule has 0 atom stereocenters. The second kappa shape index (κ2) is 9.74. The molecule has 2 aromatic carbocycles. The van der Waals surface area contributed by atoms with Crippen molar-refractivity contribution in [2.45, 2.75) is 64.2 Å². The van der Waals surface area contributed by atoms with E-state index >= 15 is 0 Å². The number of carbonyl (C=O) groups excluding carboxylic acids is 1. The van der Waals surface area contributed by atoms with Crippen LogP contribution in [0.3, 0.4) is 0 Å². The van der Waals surface area contributed by atoms with Crippen molar-refractivity contribution in [3.8, 4) is 17.0 Å². The van der Waals surface area contributed by atoms with Gasteiger partial charge in [0.25, 0.3) is 0 Å². The van der Waals surface area contributed by atoms with E-state index in [1.807, 2.05) is 0 Å². The van der Waals surface area contributed by atoms with Crippen LogP contribution in [-0.2, 0) is 30.5 Å². The molecule has 2 aliphatic carbocycles. The van der Waals surface area contributed by atoms with Crippen molar-refractivity contribution in [3.63, 3.8) is 0 Å². The van der Waals surface area contributed by atoms with E-state index < -0.39 is 0 Å². The first-order valence-corrected chi connectivity index (χ1v) is 12.2. The zero-order chi connectivity index (χ0) is 22.6. The number of aromatic hydroxyl groups is 1. The summed E-state index contributed by atoms with van der Waals surface area (Å²) in [6, 6.07) is 15.2. The number of nitrogens with zero attached hydrogens (tertiary/aromatic N) is 2. The number of anilines is 1. The van der Waals surface area contributed by atoms with Gasteiger partial charge in [-0.2, -0.15) is 0 Å². The topological polar surface area (TPSA) is 75.1 Å². The van der Waals surface area contributed by atoms with Crippen LogP contribution < -0.4 is 5.32 Å². The van der Waals surface area contributed by atoms with E-state index in [0.29, 0.717) is 5.82 Å². The molecule has 1 aromatic heterocycles. The summed E-state index contributed by atoms with van der Waals surface area (Å²) in [5.41, 5.74) is 6.19. The van der Waals surface area contributed by atoms with E-state index in [0.717, 1.165) is 54.2 Å². The molecular formula is C28H31N3O2. The maximum Gasteiger partial charge on any atom is 0.229 e. The SMILES string of the molecule is O=C(Cc1ccc(O)cc1)Nc1nc2c(nc1CCC1CCCCC1)-c1ccccc1CC2. The second-order valence-corrected chi connectivity index (χ2v) is 9.41. The Bertz CT molecular complexity index is 1130. The molecule has 170 valence electrons. The fraction of sp³-hybridized carbons (Fsp3) is 0.393. The third-order valence-electron chi connectivity index (χ3n) is 7.02. The average Bonchev–Trinajstić information content (AvgIpc) is 2.84. The number of fused-ring (bicyclic) bond motifs is 3. The second-order valence-electron chi connectivity index (χ2n) is 9.41. The summed E-state index contributed by atoms with van der Waals surface area (Å²) in [5, 5.41) is 12.6. The largest absolute Gasteiger partial charge is 0.508 e. The van der Waals surface area contributed by atoms with Crippen LogP contribution in [0.15, 0.2) is 48.5 Å². The lowest BCUT2D eigenvalue weighted by Crippen LogP contribution is -2.20. The lowest BCUT2D eigenvalue weighted by atomic mass is 9.85. The predicted octanol–water partition coefficient (Wildman–Crippen LogP) is 5.64. The molecule has 1 amide bonds. The maximum atomic E-state index is 12.9. The maximum absolute atomic E-state index is 12.9. The number of phenols is 1. The van der Waals surface area contributed by atoms with E-state index in [2.05, 4.69) is 29.6 Å². The van der Waals surface area contributed by atoms with Gasteiger partial charge in [-0.15, -0.1) is 0 Å². The zero-order valence-electron chi connectivity index (χ0n) is 19.0. The van der Waals surface area contributed by atoms with Gasteiger partial charge in [0.15, 0.2) is 5.82 Å². The average molecular weight is 442 g/mol. The first-order valence-electron chi connectivity index (χ1n) is 12.2. The normalized spacial score (nSPS) is 15.5. The Labute approximate surface area is 195 Å². The molecule has 1 fully saturated rings. The van der Waals surface area contributed by atoms with Gasteiger partial charge in [-0.05, 0) is 54.9 Å². The Morgan fingerprint density at radius 2 is 1.76 bits per heavy atom. The minimum atomic E-state index is -0.106. The van der Waals surface area contributed by atoms with Crippen LogP contribution in [-0.4, -0.2) is 21.0 Å². The Morgan fingerprint density at radius 3 is 2.58 bits per heavy atom. The summed E-state index contributed by atoms with van der Waals surface area (Å²) in [6.07, 6.45) is 10.5. The highest BCUT2D eigenvalue weighted by molar-refractivity contribution is 5.92. The Morgan fingerprint density at radius 1 is 0.970 bits per heavy atom. The molecule has 0 saturated heterocycles. The van der Waals surface area contributed by atoms with Gasteiger partial charge in [0, 0.05) is 5.56 Å². The van der Waals surface area contributed by atoms with Crippen molar-refractivity contribution in [1.29, 1.82) is 0 Å². The highest BCUT2D eigenvalue weighted by Gasteiger charge is 2.23. The third-order valence-corrected chi connectivity index (χ3v) is 7.02. The smallest absolute Gasteiger partial charge is 0.229 e. The number of amides is 1. The molecule has 5 rings (SSSR count). The highest BCUT2D eigenvalue weighted by atomic mass is 16.3. The Hall–Kier alpha value is -3.21. The van der Waals surface area contributed by atoms with Crippen LogP contribution in [0, 0.1) is 5.92 Å². The number of hydrogen-bond donors (Lipinski definition) is 2. The minimum absolute atomic E-state index is 0.106. The van der Waals surface area contributed by atoms with Gasteiger partial charge in [-0.3, -0.25) is 4.79 Å². The zero-order valence-corrected chi connectivity index (χ0v) is 19.0. The predicted molar refractivity (Wildman–Crippen MR) is 130 cm³/mol. The fourth-order valence-corrected chi connectivity index (χ4v) is 5.18. The van der Waals surface area contributed by atoms with Crippen molar-refractivity contribution in [2.75, 3.05) is 5.32 Å². The number of carbonyl (C=O) groups is 1. The van der Waals surface area contributed by atoms with E-state index in [4.69, 9.17) is 9.97 Å². The molecule has 3 aromatic rings. The van der Waals surface area contributed by atoms with Crippen LogP contribution in [0.4, 0.5) is 5.82 Å². The highest BCUT2D eigenvalue weighted by Crippen LogP contribution is 2.34. The molecule has 33 heavy (non-hydrogen) atoms. The molecule has 5 nitrogen and oxygen atoms in total. The summed E-state index contributed by atoms with van der Waals surface area (Å²) in [4.78, 5) is 22.9. The van der Waals surface area contributed by atoms with Gasteiger partial charge in [0.05, 0.1) is 23.5 Å². The Balaban J connectivity index is 1.41. The van der Waals surface area contributed by atoms with Gasteiger partial charge in [-0.25, -0.2) is 9.97 Å². The number of rotatable bonds is 6. The minimum Gasteiger partial charge on any atom is -0.508 e. The van der Waals surface area contributed by atoms with Gasteiger partial charge in [0.2, 0.25) is 5.91 Å². The summed E-state index contributed by atoms with van der Waals surface area (Å²) >= 11 is 0. The van der Waals surface area contributed by atoms with Gasteiger partial charge >= 0.3 is 0 Å². The van der Waals surface area contributed by atoms with Crippen LogP contribution in [0.25, 0.3) is 11.3 Å². The molecule has 2 N–H and O–H groups in total. The first-order chi connectivity index (χ1) is 16.2. The standard InChI is InChI=1S/C28H31N3O2/c32-22-14-10-20(11-15-22)18-26(33)31-28-25(16-12-19-6-2-1-3-7-19)29-27-23-9-5-4-8-21(23)13-17-24(27)30-28/h4-5,8-11,14-15,19,32H,1-3,6-7,12-13,16-18H2,(H,30,31,33). The molecule has 5 heteroatoms. The van der Waals surface area contributed by atoms with E-state index in [-0.39, 0.29) is 18.1 Å². The summed E-state index contributed by atoms with van der Waals surface area (Å²) in [6.45, 7) is 0. The number of aryl methyl sites for hydroxylation is 3. The van der Waals surface area contributed by atoms with Crippen molar-refractivity contribution >= 4 is 11.7 Å². The summed E-state index contributed by atoms with van der Waals surface area (Å²) in [7, 11) is 0. The monoisotopic (exact) mass is 441 g/mol. The van der Waals surface area contributed by atoms with Crippen molar-refractivity contribution in [3.05, 3.63) is 71.0 Å². The van der Waals surface area contributed by atoms with E-state index in [9.17, 15) is 9.90 Å². The molecule has 0 bridgehead atoms. The quantitative estimate of drug-likeness (QED) is 0.519. The van der Waals surface area contributed by atoms with Crippen LogP contribution in [0.2, 0.25) is 0 Å². The number of phenolic OH excluding ortho intramolecular Hbond substituents is 1. The van der Waals surface area contributed by atoms with Crippen LogP contribution in [0.1, 0.15) is 61.0 Å². The van der Waals surface area contributed by atoms with Crippen LogP contribution in [0.5, 0.6) is 5.75 Å². The summed E-state index contributed by atoms with van der Waals surface area (Å²) in [5.74, 6) is 1.45. The molecule has 0 unspecified atom stereocenters. The molecule has 0 spiro atoms. The van der Waals surface area contributed by atoms with E-state index in [1.54, 1.807) is 24.3 Å². The van der Waals surface area contributed by atoms with Crippen molar-refractivity contribution in [2.24, 2.45) is 5.92 Å². The fourth-order valence-electron chi connectivity index (χ4n) is 5.18. The van der Waals surface area contributed by atoms with Gasteiger partial charge in [0.1, 0.15) is 5.75 Å². The number of aromatic nitrogens is 2. The molecule has 2 aliphatic rings. The Kier molecular flexibility index (Phi) is 6.38. The summed E-state index contributed by atoms with van der Waals surface area (Å²) < 4.78 is 0. The third kappa shape index (κ3) is 5.08. The molecule has 1 heterocycles. The van der Waals surface area contributed by atoms with Gasteiger partial charge < -0.3 is 10.4 Å². The van der Waals surface area contributed by atoms with Gasteiger partial charge in [-0.1, -0.05) is 68.5 Å². The van der Waals surface area contributed by atoms with Crippen molar-refractivity contribution < 1.29 is 9.90 Å². The number of hydrogen-bond acceptors (Lipinski definition) is 4. The number of benzene rings is 2. The number of nitrogens with one attached hydrogen (secondary N) is 1. The molecular weight excluding hydrogens is 410 g/mol. The first kappa shape index (κ1) is 21.6. The van der Waals surface area contributed by atoms with E-state index in [1.165, 1.54) is 43.2 Å².